The smallest absolute Gasteiger partial charge is 0.325 e. The van der Waals surface area contributed by atoms with Crippen molar-refractivity contribution in [1.82, 2.24) is 14.8 Å². The number of rotatable bonds is 5. The molecule has 0 aromatic carbocycles. The van der Waals surface area contributed by atoms with Gasteiger partial charge in [-0.1, -0.05) is 0 Å². The molecule has 24 heavy (non-hydrogen) atoms. The lowest BCUT2D eigenvalue weighted by Crippen LogP contribution is -2.51. The standard InChI is InChI=1S/C16H19N3O5/c1-11-12(17-16(24-11)13-4-3-7-23-13)8-18-5-6-19(14(20)9-18)10-15(21)22-2/h3-4,7H,5-6,8-10H2,1-2H3. The van der Waals surface area contributed by atoms with Crippen LogP contribution in [0.25, 0.3) is 11.7 Å². The van der Waals surface area contributed by atoms with E-state index in [1.807, 2.05) is 11.8 Å². The van der Waals surface area contributed by atoms with E-state index in [0.717, 1.165) is 5.69 Å². The zero-order chi connectivity index (χ0) is 17.1. The monoisotopic (exact) mass is 333 g/mol. The van der Waals surface area contributed by atoms with Gasteiger partial charge in [0, 0.05) is 19.6 Å². The molecule has 0 radical (unpaired) electrons. The van der Waals surface area contributed by atoms with Crippen LogP contribution in [-0.4, -0.2) is 59.9 Å². The molecule has 0 saturated carbocycles. The van der Waals surface area contributed by atoms with Gasteiger partial charge in [-0.05, 0) is 19.1 Å². The van der Waals surface area contributed by atoms with Crippen LogP contribution in [0.2, 0.25) is 0 Å². The summed E-state index contributed by atoms with van der Waals surface area (Å²) in [6.07, 6.45) is 1.56. The van der Waals surface area contributed by atoms with Gasteiger partial charge in [0.15, 0.2) is 5.76 Å². The zero-order valence-electron chi connectivity index (χ0n) is 13.7. The Kier molecular flexibility index (Phi) is 4.66. The highest BCUT2D eigenvalue weighted by Crippen LogP contribution is 2.23. The van der Waals surface area contributed by atoms with E-state index < -0.39 is 5.97 Å². The highest BCUT2D eigenvalue weighted by molar-refractivity contribution is 5.83. The number of oxazole rings is 1. The summed E-state index contributed by atoms with van der Waals surface area (Å²) in [6, 6.07) is 3.55. The minimum Gasteiger partial charge on any atom is -0.468 e. The van der Waals surface area contributed by atoms with Crippen molar-refractivity contribution in [3.05, 3.63) is 29.9 Å². The number of esters is 1. The molecule has 3 heterocycles. The molecule has 3 rings (SSSR count). The predicted molar refractivity (Wildman–Crippen MR) is 82.8 cm³/mol. The number of piperazine rings is 1. The van der Waals surface area contributed by atoms with E-state index in [0.29, 0.717) is 37.0 Å². The van der Waals surface area contributed by atoms with Gasteiger partial charge in [0.2, 0.25) is 5.91 Å². The second-order valence-corrected chi connectivity index (χ2v) is 5.60. The van der Waals surface area contributed by atoms with Gasteiger partial charge >= 0.3 is 5.97 Å². The molecule has 0 spiro atoms. The average molecular weight is 333 g/mol. The molecule has 1 fully saturated rings. The predicted octanol–water partition coefficient (Wildman–Crippen LogP) is 1.06. The Balaban J connectivity index is 1.62. The number of hydrogen-bond donors (Lipinski definition) is 0. The van der Waals surface area contributed by atoms with Crippen LogP contribution in [0.3, 0.4) is 0 Å². The highest BCUT2D eigenvalue weighted by Gasteiger charge is 2.27. The Hall–Kier alpha value is -2.61. The van der Waals surface area contributed by atoms with Crippen LogP contribution in [0.5, 0.6) is 0 Å². The van der Waals surface area contributed by atoms with Crippen LogP contribution < -0.4 is 0 Å². The molecule has 1 amide bonds. The molecular formula is C16H19N3O5. The summed E-state index contributed by atoms with van der Waals surface area (Å²) < 4.78 is 15.5. The number of carbonyl (C=O) groups excluding carboxylic acids is 2. The number of aryl methyl sites for hydroxylation is 1. The number of aromatic nitrogens is 1. The number of furan rings is 1. The number of nitrogens with zero attached hydrogens (tertiary/aromatic N) is 3. The zero-order valence-corrected chi connectivity index (χ0v) is 13.7. The van der Waals surface area contributed by atoms with Crippen LogP contribution in [0.4, 0.5) is 0 Å². The van der Waals surface area contributed by atoms with Gasteiger partial charge in [-0.15, -0.1) is 0 Å². The Labute approximate surface area is 139 Å². The lowest BCUT2D eigenvalue weighted by Gasteiger charge is -2.33. The van der Waals surface area contributed by atoms with E-state index in [9.17, 15) is 9.59 Å². The van der Waals surface area contributed by atoms with Crippen molar-refractivity contribution in [2.45, 2.75) is 13.5 Å². The molecule has 2 aromatic rings. The first-order chi connectivity index (χ1) is 11.6. The summed E-state index contributed by atoms with van der Waals surface area (Å²) in [5.41, 5.74) is 0.774. The van der Waals surface area contributed by atoms with Crippen LogP contribution >= 0.6 is 0 Å². The summed E-state index contributed by atoms with van der Waals surface area (Å²) in [5.74, 6) is 1.20. The van der Waals surface area contributed by atoms with Crippen molar-refractivity contribution in [2.75, 3.05) is 33.3 Å². The third kappa shape index (κ3) is 3.48. The molecule has 1 aliphatic heterocycles. The summed E-state index contributed by atoms with van der Waals surface area (Å²) in [7, 11) is 1.31. The van der Waals surface area contributed by atoms with Crippen LogP contribution in [0, 0.1) is 6.92 Å². The first kappa shape index (κ1) is 16.3. The molecule has 0 unspecified atom stereocenters. The normalized spacial score (nSPS) is 15.8. The van der Waals surface area contributed by atoms with Crippen LogP contribution in [0.15, 0.2) is 27.2 Å². The maximum Gasteiger partial charge on any atom is 0.325 e. The van der Waals surface area contributed by atoms with Crippen LogP contribution in [0.1, 0.15) is 11.5 Å². The van der Waals surface area contributed by atoms with Crippen molar-refractivity contribution in [2.24, 2.45) is 0 Å². The molecular weight excluding hydrogens is 314 g/mol. The number of ether oxygens (including phenoxy) is 1. The fraction of sp³-hybridized carbons (Fsp3) is 0.438. The Morgan fingerprint density at radius 2 is 2.25 bits per heavy atom. The maximum absolute atomic E-state index is 12.1. The van der Waals surface area contributed by atoms with E-state index in [2.05, 4.69) is 9.72 Å². The number of hydrogen-bond acceptors (Lipinski definition) is 7. The van der Waals surface area contributed by atoms with Gasteiger partial charge in [-0.3, -0.25) is 14.5 Å². The molecule has 0 aliphatic carbocycles. The fourth-order valence-corrected chi connectivity index (χ4v) is 2.57. The molecule has 0 bridgehead atoms. The van der Waals surface area contributed by atoms with Gasteiger partial charge in [-0.25, -0.2) is 4.98 Å². The third-order valence-electron chi connectivity index (χ3n) is 3.94. The Bertz CT molecular complexity index is 722. The molecule has 8 heteroatoms. The second-order valence-electron chi connectivity index (χ2n) is 5.60. The molecule has 1 saturated heterocycles. The molecule has 1 aliphatic rings. The first-order valence-electron chi connectivity index (χ1n) is 7.64. The molecule has 128 valence electrons. The van der Waals surface area contributed by atoms with Crippen molar-refractivity contribution < 1.29 is 23.2 Å². The summed E-state index contributed by atoms with van der Waals surface area (Å²) >= 11 is 0. The molecule has 8 nitrogen and oxygen atoms in total. The minimum absolute atomic E-state index is 0.00516. The van der Waals surface area contributed by atoms with Gasteiger partial charge in [0.25, 0.3) is 5.89 Å². The van der Waals surface area contributed by atoms with Gasteiger partial charge < -0.3 is 18.5 Å². The summed E-state index contributed by atoms with van der Waals surface area (Å²) in [5, 5.41) is 0. The van der Waals surface area contributed by atoms with E-state index >= 15 is 0 Å². The minimum atomic E-state index is -0.410. The number of amides is 1. The Morgan fingerprint density at radius 3 is 2.92 bits per heavy atom. The largest absolute Gasteiger partial charge is 0.468 e. The van der Waals surface area contributed by atoms with Gasteiger partial charge in [0.1, 0.15) is 12.3 Å². The fourth-order valence-electron chi connectivity index (χ4n) is 2.57. The average Bonchev–Trinajstić information content (AvgIpc) is 3.20. The van der Waals surface area contributed by atoms with Crippen molar-refractivity contribution in [3.63, 3.8) is 0 Å². The van der Waals surface area contributed by atoms with Crippen molar-refractivity contribution >= 4 is 11.9 Å². The highest BCUT2D eigenvalue weighted by atomic mass is 16.5. The molecule has 0 N–H and O–H groups in total. The number of methoxy groups -OCH3 is 1. The van der Waals surface area contributed by atoms with E-state index in [1.54, 1.807) is 18.4 Å². The van der Waals surface area contributed by atoms with Gasteiger partial charge in [-0.2, -0.15) is 0 Å². The molecule has 2 aromatic heterocycles. The summed E-state index contributed by atoms with van der Waals surface area (Å²) in [4.78, 5) is 31.4. The topological polar surface area (TPSA) is 89.0 Å². The van der Waals surface area contributed by atoms with Crippen molar-refractivity contribution in [3.8, 4) is 11.7 Å². The van der Waals surface area contributed by atoms with E-state index in [4.69, 9.17) is 8.83 Å². The SMILES string of the molecule is COC(=O)CN1CCN(Cc2nc(-c3ccco3)oc2C)CC1=O. The molecule has 0 atom stereocenters. The van der Waals surface area contributed by atoms with Crippen molar-refractivity contribution in [1.29, 1.82) is 0 Å². The summed E-state index contributed by atoms with van der Waals surface area (Å²) in [6.45, 7) is 3.72. The lowest BCUT2D eigenvalue weighted by molar-refractivity contribution is -0.149. The third-order valence-corrected chi connectivity index (χ3v) is 3.94. The van der Waals surface area contributed by atoms with Crippen LogP contribution in [-0.2, 0) is 20.9 Å². The number of carbonyl (C=O) groups is 2. The Morgan fingerprint density at radius 1 is 1.42 bits per heavy atom. The first-order valence-corrected chi connectivity index (χ1v) is 7.64. The van der Waals surface area contributed by atoms with E-state index in [-0.39, 0.29) is 19.0 Å². The van der Waals surface area contributed by atoms with Gasteiger partial charge in [0.05, 0.1) is 25.6 Å². The van der Waals surface area contributed by atoms with E-state index in [1.165, 1.54) is 12.0 Å². The maximum atomic E-state index is 12.1. The second kappa shape index (κ2) is 6.88. The quantitative estimate of drug-likeness (QED) is 0.756. The lowest BCUT2D eigenvalue weighted by atomic mass is 10.2.